The van der Waals surface area contributed by atoms with Gasteiger partial charge in [-0.3, -0.25) is 4.90 Å². The van der Waals surface area contributed by atoms with E-state index in [1.54, 1.807) is 26.4 Å². The highest BCUT2D eigenvalue weighted by Crippen LogP contribution is 2.58. The van der Waals surface area contributed by atoms with E-state index in [0.29, 0.717) is 12.0 Å². The average Bonchev–Trinajstić information content (AvgIpc) is 2.97. The number of halogens is 1. The molecule has 0 radical (unpaired) electrons. The van der Waals surface area contributed by atoms with Crippen molar-refractivity contribution in [3.8, 4) is 11.5 Å². The third-order valence-corrected chi connectivity index (χ3v) is 5.83. The van der Waals surface area contributed by atoms with Crippen molar-refractivity contribution in [1.82, 2.24) is 4.90 Å². The third kappa shape index (κ3) is 2.51. The summed E-state index contributed by atoms with van der Waals surface area (Å²) in [7, 11) is 5.57. The number of hydrogen-bond acceptors (Lipinski definition) is 3. The summed E-state index contributed by atoms with van der Waals surface area (Å²) in [6.45, 7) is 1.10. The van der Waals surface area contributed by atoms with Crippen LogP contribution in [0.3, 0.4) is 0 Å². The highest BCUT2D eigenvalue weighted by molar-refractivity contribution is 5.59. The maximum atomic E-state index is 13.5. The summed E-state index contributed by atoms with van der Waals surface area (Å²) in [6, 6.07) is 11.5. The molecule has 2 aromatic rings. The zero-order chi connectivity index (χ0) is 17.6. The van der Waals surface area contributed by atoms with Gasteiger partial charge in [-0.2, -0.15) is 0 Å². The molecule has 0 N–H and O–H groups in total. The van der Waals surface area contributed by atoms with Crippen LogP contribution >= 0.6 is 0 Å². The van der Waals surface area contributed by atoms with Gasteiger partial charge in [0.25, 0.3) is 0 Å². The standard InChI is InChI=1S/C21H24FNO2/c1-23-12-4-5-15-18(13-6-8-14(22)9-7-13)19-16(20(15)23)10-11-17(24-2)21(19)25-3/h6-11,15,18,20H,4-5,12H2,1-3H3. The SMILES string of the molecule is COc1ccc2c(c1OC)C(c1ccc(F)cc1)C1CCCN(C)C21. The molecule has 1 aliphatic carbocycles. The number of piperidine rings is 1. The van der Waals surface area contributed by atoms with Crippen LogP contribution in [-0.4, -0.2) is 32.7 Å². The first kappa shape index (κ1) is 16.4. The van der Waals surface area contributed by atoms with E-state index in [2.05, 4.69) is 18.0 Å². The van der Waals surface area contributed by atoms with Gasteiger partial charge < -0.3 is 9.47 Å². The number of methoxy groups -OCH3 is 2. The Labute approximate surface area is 148 Å². The van der Waals surface area contributed by atoms with E-state index >= 15 is 0 Å². The maximum Gasteiger partial charge on any atom is 0.164 e. The molecule has 2 aromatic carbocycles. The Kier molecular flexibility index (Phi) is 4.16. The Bertz CT molecular complexity index is 774. The number of likely N-dealkylation sites (tertiary alicyclic amines) is 1. The molecule has 3 nitrogen and oxygen atoms in total. The Morgan fingerprint density at radius 1 is 1.04 bits per heavy atom. The van der Waals surface area contributed by atoms with E-state index in [-0.39, 0.29) is 11.7 Å². The number of hydrogen-bond donors (Lipinski definition) is 0. The fourth-order valence-corrected chi connectivity index (χ4v) is 4.86. The van der Waals surface area contributed by atoms with Crippen LogP contribution in [0.4, 0.5) is 4.39 Å². The van der Waals surface area contributed by atoms with Crippen molar-refractivity contribution in [2.75, 3.05) is 27.8 Å². The van der Waals surface area contributed by atoms with E-state index in [1.807, 2.05) is 18.2 Å². The molecule has 1 heterocycles. The summed E-state index contributed by atoms with van der Waals surface area (Å²) >= 11 is 0. The molecule has 25 heavy (non-hydrogen) atoms. The van der Waals surface area contributed by atoms with Gasteiger partial charge in [0.15, 0.2) is 11.5 Å². The van der Waals surface area contributed by atoms with Gasteiger partial charge in [-0.25, -0.2) is 4.39 Å². The molecule has 2 aliphatic rings. The predicted octanol–water partition coefficient (Wildman–Crippen LogP) is 4.37. The molecule has 0 saturated carbocycles. The molecule has 132 valence electrons. The van der Waals surface area contributed by atoms with Crippen molar-refractivity contribution in [2.45, 2.75) is 24.8 Å². The fourth-order valence-electron chi connectivity index (χ4n) is 4.86. The van der Waals surface area contributed by atoms with Gasteiger partial charge in [-0.1, -0.05) is 18.2 Å². The molecule has 0 amide bonds. The average molecular weight is 341 g/mol. The van der Waals surface area contributed by atoms with E-state index in [1.165, 1.54) is 17.5 Å². The first-order valence-corrected chi connectivity index (χ1v) is 8.86. The Morgan fingerprint density at radius 3 is 2.48 bits per heavy atom. The summed E-state index contributed by atoms with van der Waals surface area (Å²) < 4.78 is 24.8. The second-order valence-electron chi connectivity index (χ2n) is 7.06. The monoisotopic (exact) mass is 341 g/mol. The zero-order valence-corrected chi connectivity index (χ0v) is 15.0. The molecule has 0 aromatic heterocycles. The summed E-state index contributed by atoms with van der Waals surface area (Å²) in [6.07, 6.45) is 2.35. The summed E-state index contributed by atoms with van der Waals surface area (Å²) in [5.74, 6) is 2.05. The summed E-state index contributed by atoms with van der Waals surface area (Å²) in [5, 5.41) is 0. The van der Waals surface area contributed by atoms with Gasteiger partial charge in [0.1, 0.15) is 5.82 Å². The molecule has 4 rings (SSSR count). The summed E-state index contributed by atoms with van der Waals surface area (Å²) in [4.78, 5) is 2.45. The highest BCUT2D eigenvalue weighted by Gasteiger charge is 2.46. The van der Waals surface area contributed by atoms with Crippen LogP contribution < -0.4 is 9.47 Å². The highest BCUT2D eigenvalue weighted by atomic mass is 19.1. The predicted molar refractivity (Wildman–Crippen MR) is 95.9 cm³/mol. The topological polar surface area (TPSA) is 21.7 Å². The first-order chi connectivity index (χ1) is 12.2. The number of fused-ring (bicyclic) bond motifs is 3. The van der Waals surface area contributed by atoms with E-state index in [4.69, 9.17) is 9.47 Å². The lowest BCUT2D eigenvalue weighted by molar-refractivity contribution is 0.127. The van der Waals surface area contributed by atoms with Crippen molar-refractivity contribution in [3.63, 3.8) is 0 Å². The van der Waals surface area contributed by atoms with Gasteiger partial charge in [0.05, 0.1) is 14.2 Å². The fraction of sp³-hybridized carbons (Fsp3) is 0.429. The molecule has 1 aliphatic heterocycles. The second-order valence-corrected chi connectivity index (χ2v) is 7.06. The minimum absolute atomic E-state index is 0.197. The Morgan fingerprint density at radius 2 is 1.80 bits per heavy atom. The van der Waals surface area contributed by atoms with E-state index in [9.17, 15) is 4.39 Å². The Balaban J connectivity index is 1.93. The van der Waals surface area contributed by atoms with Gasteiger partial charge in [0, 0.05) is 17.5 Å². The zero-order valence-electron chi connectivity index (χ0n) is 15.0. The van der Waals surface area contributed by atoms with Gasteiger partial charge in [-0.15, -0.1) is 0 Å². The lowest BCUT2D eigenvalue weighted by Crippen LogP contribution is -2.34. The second kappa shape index (κ2) is 6.34. The van der Waals surface area contributed by atoms with Crippen molar-refractivity contribution in [1.29, 1.82) is 0 Å². The van der Waals surface area contributed by atoms with Crippen LogP contribution in [-0.2, 0) is 0 Å². The molecule has 1 fully saturated rings. The van der Waals surface area contributed by atoms with Crippen LogP contribution in [0.2, 0.25) is 0 Å². The van der Waals surface area contributed by atoms with Crippen LogP contribution in [0.1, 0.15) is 41.5 Å². The molecule has 0 bridgehead atoms. The van der Waals surface area contributed by atoms with Crippen molar-refractivity contribution < 1.29 is 13.9 Å². The van der Waals surface area contributed by atoms with Crippen molar-refractivity contribution in [2.24, 2.45) is 5.92 Å². The molecular weight excluding hydrogens is 317 g/mol. The number of ether oxygens (including phenoxy) is 2. The quantitative estimate of drug-likeness (QED) is 0.827. The van der Waals surface area contributed by atoms with Crippen LogP contribution in [0.25, 0.3) is 0 Å². The van der Waals surface area contributed by atoms with Crippen molar-refractivity contribution >= 4 is 0 Å². The van der Waals surface area contributed by atoms with Crippen molar-refractivity contribution in [3.05, 3.63) is 58.9 Å². The third-order valence-electron chi connectivity index (χ3n) is 5.83. The Hall–Kier alpha value is -2.07. The first-order valence-electron chi connectivity index (χ1n) is 8.86. The maximum absolute atomic E-state index is 13.5. The molecule has 4 heteroatoms. The van der Waals surface area contributed by atoms with Crippen LogP contribution in [0, 0.1) is 11.7 Å². The van der Waals surface area contributed by atoms with Crippen LogP contribution in [0.5, 0.6) is 11.5 Å². The molecule has 3 unspecified atom stereocenters. The van der Waals surface area contributed by atoms with E-state index < -0.39 is 0 Å². The molecular formula is C21H24FNO2. The van der Waals surface area contributed by atoms with Gasteiger partial charge >= 0.3 is 0 Å². The number of benzene rings is 2. The normalized spacial score (nSPS) is 25.4. The minimum atomic E-state index is -0.197. The lowest BCUT2D eigenvalue weighted by Gasteiger charge is -2.37. The lowest BCUT2D eigenvalue weighted by atomic mass is 9.80. The molecule has 1 saturated heterocycles. The summed E-state index contributed by atoms with van der Waals surface area (Å²) in [5.41, 5.74) is 3.67. The van der Waals surface area contributed by atoms with E-state index in [0.717, 1.165) is 30.0 Å². The number of nitrogens with zero attached hydrogens (tertiary/aromatic N) is 1. The van der Waals surface area contributed by atoms with Gasteiger partial charge in [0.2, 0.25) is 0 Å². The minimum Gasteiger partial charge on any atom is -0.493 e. The molecule has 3 atom stereocenters. The van der Waals surface area contributed by atoms with Crippen LogP contribution in [0.15, 0.2) is 36.4 Å². The molecule has 0 spiro atoms. The smallest absolute Gasteiger partial charge is 0.164 e. The largest absolute Gasteiger partial charge is 0.493 e. The van der Waals surface area contributed by atoms with Gasteiger partial charge in [-0.05, 0) is 61.7 Å². The number of rotatable bonds is 3.